The molecule has 1 saturated carbocycles. The van der Waals surface area contributed by atoms with Gasteiger partial charge in [-0.25, -0.2) is 0 Å². The van der Waals surface area contributed by atoms with E-state index in [0.717, 1.165) is 22.9 Å². The molecular formula is C16H21BrO2. The highest BCUT2D eigenvalue weighted by Crippen LogP contribution is 2.50. The maximum absolute atomic E-state index is 12.1. The van der Waals surface area contributed by atoms with E-state index in [4.69, 9.17) is 4.74 Å². The van der Waals surface area contributed by atoms with Crippen molar-refractivity contribution in [3.63, 3.8) is 0 Å². The molecular weight excluding hydrogens is 304 g/mol. The molecule has 0 atom stereocenters. The zero-order valence-electron chi connectivity index (χ0n) is 12.0. The third kappa shape index (κ3) is 2.71. The summed E-state index contributed by atoms with van der Waals surface area (Å²) in [5, 5.41) is 0. The molecule has 0 heterocycles. The zero-order chi connectivity index (χ0) is 14.3. The van der Waals surface area contributed by atoms with Gasteiger partial charge in [-0.3, -0.25) is 4.79 Å². The number of rotatable bonds is 3. The van der Waals surface area contributed by atoms with E-state index in [2.05, 4.69) is 54.9 Å². The molecule has 0 unspecified atom stereocenters. The first-order valence-electron chi connectivity index (χ1n) is 6.79. The number of carbonyl (C=O) groups excluding carboxylic acids is 1. The molecule has 1 aromatic carbocycles. The highest BCUT2D eigenvalue weighted by atomic mass is 79.9. The number of ether oxygens (including phenoxy) is 1. The summed E-state index contributed by atoms with van der Waals surface area (Å²) in [6.45, 7) is 8.86. The molecule has 104 valence electrons. The number of halogens is 1. The second kappa shape index (κ2) is 4.93. The van der Waals surface area contributed by atoms with Gasteiger partial charge < -0.3 is 4.74 Å². The molecule has 0 bridgehead atoms. The van der Waals surface area contributed by atoms with E-state index in [-0.39, 0.29) is 16.8 Å². The zero-order valence-corrected chi connectivity index (χ0v) is 13.6. The number of esters is 1. The topological polar surface area (TPSA) is 26.3 Å². The Bertz CT molecular complexity index is 496. The van der Waals surface area contributed by atoms with Crippen molar-refractivity contribution in [1.29, 1.82) is 0 Å². The lowest BCUT2D eigenvalue weighted by atomic mass is 9.85. The van der Waals surface area contributed by atoms with E-state index in [1.165, 1.54) is 5.56 Å². The lowest BCUT2D eigenvalue weighted by Gasteiger charge is -2.23. The van der Waals surface area contributed by atoms with E-state index < -0.39 is 0 Å². The SMILES string of the molecule is CCOC(=O)C1(c2ccc(C(C)(C)C)c(Br)c2)CC1. The van der Waals surface area contributed by atoms with Crippen LogP contribution in [0.4, 0.5) is 0 Å². The van der Waals surface area contributed by atoms with E-state index in [1.54, 1.807) is 0 Å². The van der Waals surface area contributed by atoms with E-state index in [1.807, 2.05) is 6.92 Å². The number of hydrogen-bond donors (Lipinski definition) is 0. The Morgan fingerprint density at radius 1 is 1.37 bits per heavy atom. The summed E-state index contributed by atoms with van der Waals surface area (Å²) in [7, 11) is 0. The lowest BCUT2D eigenvalue weighted by Crippen LogP contribution is -2.23. The van der Waals surface area contributed by atoms with Crippen molar-refractivity contribution in [2.24, 2.45) is 0 Å². The average molecular weight is 325 g/mol. The van der Waals surface area contributed by atoms with Crippen LogP contribution in [0.2, 0.25) is 0 Å². The van der Waals surface area contributed by atoms with Gasteiger partial charge >= 0.3 is 5.97 Å². The third-order valence-corrected chi connectivity index (χ3v) is 4.40. The van der Waals surface area contributed by atoms with Crippen molar-refractivity contribution in [3.8, 4) is 0 Å². The molecule has 1 aliphatic carbocycles. The Labute approximate surface area is 123 Å². The first-order chi connectivity index (χ1) is 8.81. The summed E-state index contributed by atoms with van der Waals surface area (Å²) in [4.78, 5) is 12.1. The Kier molecular flexibility index (Phi) is 3.78. The van der Waals surface area contributed by atoms with Crippen LogP contribution in [-0.4, -0.2) is 12.6 Å². The number of benzene rings is 1. The van der Waals surface area contributed by atoms with Gasteiger partial charge in [0.2, 0.25) is 0 Å². The van der Waals surface area contributed by atoms with Crippen molar-refractivity contribution < 1.29 is 9.53 Å². The highest BCUT2D eigenvalue weighted by Gasteiger charge is 2.52. The van der Waals surface area contributed by atoms with Crippen LogP contribution >= 0.6 is 15.9 Å². The Hall–Kier alpha value is -0.830. The third-order valence-electron chi connectivity index (χ3n) is 3.75. The van der Waals surface area contributed by atoms with Crippen LogP contribution in [0, 0.1) is 0 Å². The van der Waals surface area contributed by atoms with E-state index in [0.29, 0.717) is 6.61 Å². The van der Waals surface area contributed by atoms with Crippen LogP contribution in [-0.2, 0) is 20.4 Å². The van der Waals surface area contributed by atoms with Crippen molar-refractivity contribution >= 4 is 21.9 Å². The van der Waals surface area contributed by atoms with Gasteiger partial charge in [0.1, 0.15) is 0 Å². The van der Waals surface area contributed by atoms with E-state index >= 15 is 0 Å². The summed E-state index contributed by atoms with van der Waals surface area (Å²) < 4.78 is 6.28. The standard InChI is InChI=1S/C16H21BrO2/c1-5-19-14(18)16(8-9-16)11-6-7-12(13(17)10-11)15(2,3)4/h6-7,10H,5,8-9H2,1-4H3. The van der Waals surface area contributed by atoms with Crippen LogP contribution < -0.4 is 0 Å². The Morgan fingerprint density at radius 3 is 2.42 bits per heavy atom. The van der Waals surface area contributed by atoms with Crippen molar-refractivity contribution in [3.05, 3.63) is 33.8 Å². The number of carbonyl (C=O) groups is 1. The monoisotopic (exact) mass is 324 g/mol. The first-order valence-corrected chi connectivity index (χ1v) is 7.58. The molecule has 0 saturated heterocycles. The molecule has 0 aromatic heterocycles. The summed E-state index contributed by atoms with van der Waals surface area (Å²) >= 11 is 3.64. The predicted octanol–water partition coefficient (Wildman–Crippen LogP) is 4.34. The predicted molar refractivity (Wildman–Crippen MR) is 80.4 cm³/mol. The minimum Gasteiger partial charge on any atom is -0.465 e. The number of hydrogen-bond acceptors (Lipinski definition) is 2. The molecule has 0 radical (unpaired) electrons. The summed E-state index contributed by atoms with van der Waals surface area (Å²) in [6.07, 6.45) is 1.79. The molecule has 3 heteroatoms. The van der Waals surface area contributed by atoms with Gasteiger partial charge in [-0.2, -0.15) is 0 Å². The second-order valence-electron chi connectivity index (χ2n) is 6.25. The molecule has 0 N–H and O–H groups in total. The maximum Gasteiger partial charge on any atom is 0.316 e. The fraction of sp³-hybridized carbons (Fsp3) is 0.562. The lowest BCUT2D eigenvalue weighted by molar-refractivity contribution is -0.146. The molecule has 1 aliphatic rings. The van der Waals surface area contributed by atoms with Crippen LogP contribution in [0.25, 0.3) is 0 Å². The Balaban J connectivity index is 2.33. The summed E-state index contributed by atoms with van der Waals surface area (Å²) in [5.74, 6) is -0.0783. The highest BCUT2D eigenvalue weighted by molar-refractivity contribution is 9.10. The molecule has 0 amide bonds. The second-order valence-corrected chi connectivity index (χ2v) is 7.10. The van der Waals surface area contributed by atoms with Gasteiger partial charge in [-0.1, -0.05) is 48.8 Å². The van der Waals surface area contributed by atoms with Crippen LogP contribution in [0.3, 0.4) is 0 Å². The molecule has 1 fully saturated rings. The minimum absolute atomic E-state index is 0.0783. The van der Waals surface area contributed by atoms with Gasteiger partial charge in [0.25, 0.3) is 0 Å². The van der Waals surface area contributed by atoms with Gasteiger partial charge in [-0.15, -0.1) is 0 Å². The first kappa shape index (κ1) is 14.6. The van der Waals surface area contributed by atoms with Crippen molar-refractivity contribution in [2.45, 2.75) is 51.4 Å². The van der Waals surface area contributed by atoms with Gasteiger partial charge in [-0.05, 0) is 42.4 Å². The van der Waals surface area contributed by atoms with Gasteiger partial charge in [0.05, 0.1) is 12.0 Å². The molecule has 0 spiro atoms. The van der Waals surface area contributed by atoms with Crippen LogP contribution in [0.5, 0.6) is 0 Å². The summed E-state index contributed by atoms with van der Waals surface area (Å²) in [6, 6.07) is 6.29. The largest absolute Gasteiger partial charge is 0.465 e. The van der Waals surface area contributed by atoms with Gasteiger partial charge in [0, 0.05) is 4.47 Å². The Morgan fingerprint density at radius 2 is 2.00 bits per heavy atom. The van der Waals surface area contributed by atoms with Crippen LogP contribution in [0.1, 0.15) is 51.7 Å². The minimum atomic E-state index is -0.380. The quantitative estimate of drug-likeness (QED) is 0.773. The molecule has 0 aliphatic heterocycles. The van der Waals surface area contributed by atoms with Crippen molar-refractivity contribution in [1.82, 2.24) is 0 Å². The fourth-order valence-electron chi connectivity index (χ4n) is 2.43. The normalized spacial score (nSPS) is 17.1. The van der Waals surface area contributed by atoms with Gasteiger partial charge in [0.15, 0.2) is 0 Å². The van der Waals surface area contributed by atoms with E-state index in [9.17, 15) is 4.79 Å². The smallest absolute Gasteiger partial charge is 0.316 e. The van der Waals surface area contributed by atoms with Crippen molar-refractivity contribution in [2.75, 3.05) is 6.61 Å². The molecule has 1 aromatic rings. The molecule has 2 rings (SSSR count). The molecule has 2 nitrogen and oxygen atoms in total. The van der Waals surface area contributed by atoms with Crippen LogP contribution in [0.15, 0.2) is 22.7 Å². The average Bonchev–Trinajstić information content (AvgIpc) is 3.08. The maximum atomic E-state index is 12.1. The fourth-order valence-corrected chi connectivity index (χ4v) is 3.40. The summed E-state index contributed by atoms with van der Waals surface area (Å²) in [5.41, 5.74) is 2.05. The molecule has 19 heavy (non-hydrogen) atoms.